The first-order valence-corrected chi connectivity index (χ1v) is 11.0. The number of nitrogens with zero attached hydrogens (tertiary/aromatic N) is 1. The van der Waals surface area contributed by atoms with E-state index in [9.17, 15) is 8.42 Å². The Kier molecular flexibility index (Phi) is 7.02. The average Bonchev–Trinajstić information content (AvgIpc) is 2.57. The summed E-state index contributed by atoms with van der Waals surface area (Å²) in [5.41, 5.74) is 1.94. The predicted molar refractivity (Wildman–Crippen MR) is 115 cm³/mol. The Balaban J connectivity index is 2.27. The van der Waals surface area contributed by atoms with E-state index in [1.165, 1.54) is 6.21 Å². The maximum atomic E-state index is 12.7. The third kappa shape index (κ3) is 5.40. The van der Waals surface area contributed by atoms with Gasteiger partial charge in [0, 0.05) is 0 Å². The number of hydrogen-bond donors (Lipinski definition) is 1. The Hall–Kier alpha value is -1.76. The summed E-state index contributed by atoms with van der Waals surface area (Å²) in [4.78, 5) is 2.44. The molecule has 0 aliphatic heterocycles. The van der Waals surface area contributed by atoms with E-state index in [2.05, 4.69) is 9.93 Å². The quantitative estimate of drug-likeness (QED) is 0.486. The van der Waals surface area contributed by atoms with Crippen LogP contribution in [0.2, 0.25) is 10.0 Å². The van der Waals surface area contributed by atoms with Gasteiger partial charge in [-0.2, -0.15) is 13.5 Å². The molecule has 8 heteroatoms. The first kappa shape index (κ1) is 22.5. The number of sulfonamides is 1. The van der Waals surface area contributed by atoms with Gasteiger partial charge in [-0.25, -0.2) is 4.83 Å². The van der Waals surface area contributed by atoms with E-state index in [0.29, 0.717) is 33.5 Å². The molecule has 0 fully saturated rings. The van der Waals surface area contributed by atoms with Crippen LogP contribution in [0.4, 0.5) is 0 Å². The van der Waals surface area contributed by atoms with Crippen LogP contribution in [0, 0.1) is 6.92 Å². The highest BCUT2D eigenvalue weighted by molar-refractivity contribution is 7.89. The normalized spacial score (nSPS) is 12.4. The lowest BCUT2D eigenvalue weighted by Crippen LogP contribution is -2.21. The number of rotatable bonds is 6. The molecule has 28 heavy (non-hydrogen) atoms. The summed E-state index contributed by atoms with van der Waals surface area (Å²) >= 11 is 12.3. The van der Waals surface area contributed by atoms with Gasteiger partial charge >= 0.3 is 0 Å². The number of halogens is 2. The smallest absolute Gasteiger partial charge is 0.276 e. The summed E-state index contributed by atoms with van der Waals surface area (Å²) in [6.45, 7) is 10.1. The number of aryl methyl sites for hydroxylation is 1. The zero-order valence-electron chi connectivity index (χ0n) is 16.5. The largest absolute Gasteiger partial charge is 0.491 e. The Labute approximate surface area is 176 Å². The van der Waals surface area contributed by atoms with E-state index in [4.69, 9.17) is 27.9 Å². The lowest BCUT2D eigenvalue weighted by Gasteiger charge is -2.20. The zero-order valence-corrected chi connectivity index (χ0v) is 18.8. The van der Waals surface area contributed by atoms with Crippen LogP contribution in [0.1, 0.15) is 44.4 Å². The Morgan fingerprint density at radius 1 is 1.14 bits per heavy atom. The van der Waals surface area contributed by atoms with Crippen molar-refractivity contribution in [2.75, 3.05) is 6.61 Å². The van der Waals surface area contributed by atoms with Crippen LogP contribution in [0.15, 0.2) is 40.3 Å². The minimum Gasteiger partial charge on any atom is -0.491 e. The number of nitrogens with one attached hydrogen (secondary N) is 1. The van der Waals surface area contributed by atoms with Gasteiger partial charge < -0.3 is 4.74 Å². The van der Waals surface area contributed by atoms with E-state index in [1.54, 1.807) is 31.2 Å². The number of hydrazone groups is 1. The van der Waals surface area contributed by atoms with Gasteiger partial charge in [-0.15, -0.1) is 0 Å². The molecule has 0 saturated heterocycles. The van der Waals surface area contributed by atoms with Crippen molar-refractivity contribution in [3.8, 4) is 5.75 Å². The van der Waals surface area contributed by atoms with E-state index in [0.717, 1.165) is 5.56 Å². The molecule has 2 rings (SSSR count). The third-order valence-electron chi connectivity index (χ3n) is 4.04. The molecule has 2 aromatic rings. The van der Waals surface area contributed by atoms with Crippen LogP contribution in [-0.2, 0) is 15.4 Å². The van der Waals surface area contributed by atoms with Gasteiger partial charge in [0.15, 0.2) is 5.75 Å². The van der Waals surface area contributed by atoms with E-state index >= 15 is 0 Å². The molecule has 0 radical (unpaired) electrons. The average molecular weight is 443 g/mol. The molecule has 0 aliphatic carbocycles. The second-order valence-electron chi connectivity index (χ2n) is 7.33. The van der Waals surface area contributed by atoms with Gasteiger partial charge in [-0.05, 0) is 54.2 Å². The SMILES string of the molecule is CCOc1c(Cl)cc(/C=N/NS(=O)(=O)c2cc(C(C)(C)C)ccc2C)cc1Cl. The van der Waals surface area contributed by atoms with Crippen molar-refractivity contribution in [1.29, 1.82) is 0 Å². The van der Waals surface area contributed by atoms with Gasteiger partial charge in [0.25, 0.3) is 10.0 Å². The van der Waals surface area contributed by atoms with Crippen LogP contribution < -0.4 is 9.57 Å². The highest BCUT2D eigenvalue weighted by Crippen LogP contribution is 2.33. The number of hydrogen-bond acceptors (Lipinski definition) is 4. The fourth-order valence-corrected chi connectivity index (χ4v) is 4.19. The fourth-order valence-electron chi connectivity index (χ4n) is 2.51. The highest BCUT2D eigenvalue weighted by atomic mass is 35.5. The summed E-state index contributed by atoms with van der Waals surface area (Å²) in [7, 11) is -3.82. The number of benzene rings is 2. The molecule has 5 nitrogen and oxygen atoms in total. The lowest BCUT2D eigenvalue weighted by atomic mass is 9.87. The number of ether oxygens (including phenoxy) is 1. The van der Waals surface area contributed by atoms with Crippen molar-refractivity contribution in [2.24, 2.45) is 5.10 Å². The maximum absolute atomic E-state index is 12.7. The van der Waals surface area contributed by atoms with Crippen molar-refractivity contribution in [2.45, 2.75) is 44.9 Å². The van der Waals surface area contributed by atoms with Crippen LogP contribution in [0.25, 0.3) is 0 Å². The predicted octanol–water partition coefficient (Wildman–Crippen LogP) is 5.31. The van der Waals surface area contributed by atoms with Gasteiger partial charge in [0.05, 0.1) is 27.8 Å². The Morgan fingerprint density at radius 2 is 1.75 bits per heavy atom. The summed E-state index contributed by atoms with van der Waals surface area (Å²) < 4.78 is 30.8. The summed E-state index contributed by atoms with van der Waals surface area (Å²) in [6, 6.07) is 8.60. The topological polar surface area (TPSA) is 67.8 Å². The molecular formula is C20H24Cl2N2O3S. The molecule has 0 heterocycles. The van der Waals surface area contributed by atoms with Crippen molar-refractivity contribution < 1.29 is 13.2 Å². The van der Waals surface area contributed by atoms with Gasteiger partial charge in [-0.1, -0.05) is 56.1 Å². The van der Waals surface area contributed by atoms with Crippen LogP contribution in [-0.4, -0.2) is 21.2 Å². The molecular weight excluding hydrogens is 419 g/mol. The summed E-state index contributed by atoms with van der Waals surface area (Å²) in [6.07, 6.45) is 1.34. The van der Waals surface area contributed by atoms with Gasteiger partial charge in [-0.3, -0.25) is 0 Å². The molecule has 2 aromatic carbocycles. The lowest BCUT2D eigenvalue weighted by molar-refractivity contribution is 0.340. The Morgan fingerprint density at radius 3 is 2.29 bits per heavy atom. The minimum absolute atomic E-state index is 0.170. The second kappa shape index (κ2) is 8.72. The Bertz CT molecular complexity index is 974. The zero-order chi connectivity index (χ0) is 21.1. The third-order valence-corrected chi connectivity index (χ3v) is 5.97. The first-order valence-electron chi connectivity index (χ1n) is 8.73. The summed E-state index contributed by atoms with van der Waals surface area (Å²) in [5, 5.41) is 4.51. The molecule has 0 unspecified atom stereocenters. The fraction of sp³-hybridized carbons (Fsp3) is 0.350. The first-order chi connectivity index (χ1) is 13.0. The molecule has 0 amide bonds. The minimum atomic E-state index is -3.82. The van der Waals surface area contributed by atoms with E-state index < -0.39 is 10.0 Å². The second-order valence-corrected chi connectivity index (χ2v) is 9.77. The molecule has 0 aromatic heterocycles. The highest BCUT2D eigenvalue weighted by Gasteiger charge is 2.21. The van der Waals surface area contributed by atoms with Crippen molar-refractivity contribution in [1.82, 2.24) is 4.83 Å². The molecule has 0 bridgehead atoms. The van der Waals surface area contributed by atoms with Gasteiger partial charge in [0.2, 0.25) is 0 Å². The standard InChI is InChI=1S/C20H24Cl2N2O3S/c1-6-27-19-16(21)9-14(10-17(19)22)12-23-24-28(25,26)18-11-15(20(3,4)5)8-7-13(18)2/h7-12,24H,6H2,1-5H3/b23-12+. The molecule has 152 valence electrons. The van der Waals surface area contributed by atoms with Crippen molar-refractivity contribution in [3.05, 3.63) is 57.1 Å². The molecule has 0 aliphatic rings. The molecule has 0 spiro atoms. The van der Waals surface area contributed by atoms with Crippen LogP contribution in [0.5, 0.6) is 5.75 Å². The molecule has 0 saturated carbocycles. The summed E-state index contributed by atoms with van der Waals surface area (Å²) in [5.74, 6) is 0.387. The van der Waals surface area contributed by atoms with Gasteiger partial charge in [0.1, 0.15) is 0 Å². The molecule has 0 atom stereocenters. The van der Waals surface area contributed by atoms with E-state index in [-0.39, 0.29) is 10.3 Å². The van der Waals surface area contributed by atoms with Crippen molar-refractivity contribution >= 4 is 39.4 Å². The maximum Gasteiger partial charge on any atom is 0.276 e. The van der Waals surface area contributed by atoms with Crippen molar-refractivity contribution in [3.63, 3.8) is 0 Å². The van der Waals surface area contributed by atoms with Crippen LogP contribution in [0.3, 0.4) is 0 Å². The van der Waals surface area contributed by atoms with E-state index in [1.807, 2.05) is 33.8 Å². The monoisotopic (exact) mass is 442 g/mol. The van der Waals surface area contributed by atoms with Crippen LogP contribution >= 0.6 is 23.2 Å². The molecule has 1 N–H and O–H groups in total.